The van der Waals surface area contributed by atoms with Crippen LogP contribution in [0.25, 0.3) is 0 Å². The zero-order chi connectivity index (χ0) is 13.4. The predicted octanol–water partition coefficient (Wildman–Crippen LogP) is 1.80. The molecule has 1 rings (SSSR count). The number of ketones is 1. The molecular weight excluding hydrogens is 250 g/mol. The second-order valence-corrected chi connectivity index (χ2v) is 6.71. The van der Waals surface area contributed by atoms with Crippen LogP contribution in [-0.4, -0.2) is 30.7 Å². The van der Waals surface area contributed by atoms with Crippen molar-refractivity contribution in [3.05, 3.63) is 30.1 Å². The molecule has 4 nitrogen and oxygen atoms in total. The molecule has 0 bridgehead atoms. The minimum absolute atomic E-state index is 0.116. The van der Waals surface area contributed by atoms with Crippen LogP contribution >= 0.6 is 0 Å². The van der Waals surface area contributed by atoms with Gasteiger partial charge in [0, 0.05) is 31.0 Å². The second kappa shape index (κ2) is 7.26. The number of aryl methyl sites for hydroxylation is 1. The van der Waals surface area contributed by atoms with Gasteiger partial charge >= 0.3 is 0 Å². The lowest BCUT2D eigenvalue weighted by Crippen LogP contribution is -2.10. The van der Waals surface area contributed by atoms with Gasteiger partial charge in [0.05, 0.1) is 5.75 Å². The Balaban J connectivity index is 2.23. The Morgan fingerprint density at radius 3 is 2.50 bits per heavy atom. The van der Waals surface area contributed by atoms with E-state index in [0.29, 0.717) is 25.7 Å². The number of aromatic nitrogens is 1. The van der Waals surface area contributed by atoms with Gasteiger partial charge in [0.25, 0.3) is 0 Å². The van der Waals surface area contributed by atoms with Crippen LogP contribution in [0.1, 0.15) is 31.7 Å². The molecule has 18 heavy (non-hydrogen) atoms. The van der Waals surface area contributed by atoms with Crippen LogP contribution in [0.3, 0.4) is 0 Å². The number of rotatable bonds is 8. The molecule has 0 aliphatic heterocycles. The highest BCUT2D eigenvalue weighted by molar-refractivity contribution is 7.91. The van der Waals surface area contributed by atoms with Crippen molar-refractivity contribution >= 4 is 15.6 Å². The average Bonchev–Trinajstić information content (AvgIpc) is 2.37. The highest BCUT2D eigenvalue weighted by Gasteiger charge is 2.09. The van der Waals surface area contributed by atoms with E-state index in [9.17, 15) is 13.2 Å². The molecule has 0 atom stereocenters. The molecule has 0 aliphatic carbocycles. The third-order valence-electron chi connectivity index (χ3n) is 2.79. The summed E-state index contributed by atoms with van der Waals surface area (Å²) < 4.78 is 22.5. The Morgan fingerprint density at radius 2 is 1.89 bits per heavy atom. The van der Waals surface area contributed by atoms with Crippen molar-refractivity contribution in [2.75, 3.05) is 11.5 Å². The Morgan fingerprint density at radius 1 is 1.22 bits per heavy atom. The Hall–Kier alpha value is -1.23. The minimum Gasteiger partial charge on any atom is -0.300 e. The summed E-state index contributed by atoms with van der Waals surface area (Å²) in [6.45, 7) is 1.63. The van der Waals surface area contributed by atoms with Gasteiger partial charge in [-0.3, -0.25) is 9.78 Å². The van der Waals surface area contributed by atoms with Crippen LogP contribution in [-0.2, 0) is 21.1 Å². The molecule has 100 valence electrons. The van der Waals surface area contributed by atoms with Gasteiger partial charge in [0.15, 0.2) is 0 Å². The SMILES string of the molecule is CCS(=O)(=O)CCCC(=O)CCc1ccncc1. The van der Waals surface area contributed by atoms with Crippen LogP contribution in [0.5, 0.6) is 0 Å². The summed E-state index contributed by atoms with van der Waals surface area (Å²) in [6, 6.07) is 3.77. The van der Waals surface area contributed by atoms with Crippen molar-refractivity contribution in [1.82, 2.24) is 4.98 Å². The molecule has 1 heterocycles. The van der Waals surface area contributed by atoms with Gasteiger partial charge in [-0.15, -0.1) is 0 Å². The lowest BCUT2D eigenvalue weighted by Gasteiger charge is -2.02. The number of carbonyl (C=O) groups excluding carboxylic acids is 1. The summed E-state index contributed by atoms with van der Waals surface area (Å²) >= 11 is 0. The van der Waals surface area contributed by atoms with E-state index >= 15 is 0 Å². The zero-order valence-corrected chi connectivity index (χ0v) is 11.4. The summed E-state index contributed by atoms with van der Waals surface area (Å²) in [4.78, 5) is 15.5. The fourth-order valence-electron chi connectivity index (χ4n) is 1.59. The Bertz CT molecular complexity index is 468. The number of pyridine rings is 1. The van der Waals surface area contributed by atoms with Gasteiger partial charge in [-0.1, -0.05) is 6.92 Å². The number of nitrogens with zero attached hydrogens (tertiary/aromatic N) is 1. The van der Waals surface area contributed by atoms with Gasteiger partial charge in [0.1, 0.15) is 15.6 Å². The summed E-state index contributed by atoms with van der Waals surface area (Å²) in [5.41, 5.74) is 1.08. The predicted molar refractivity (Wildman–Crippen MR) is 71.1 cm³/mol. The van der Waals surface area contributed by atoms with Gasteiger partial charge in [-0.25, -0.2) is 8.42 Å². The Kier molecular flexibility index (Phi) is 5.98. The number of hydrogen-bond acceptors (Lipinski definition) is 4. The maximum absolute atomic E-state index is 11.6. The number of sulfone groups is 1. The first-order chi connectivity index (χ1) is 8.53. The lowest BCUT2D eigenvalue weighted by molar-refractivity contribution is -0.119. The minimum atomic E-state index is -2.94. The third-order valence-corrected chi connectivity index (χ3v) is 4.58. The van der Waals surface area contributed by atoms with E-state index in [0.717, 1.165) is 5.56 Å². The van der Waals surface area contributed by atoms with Gasteiger partial charge in [-0.05, 0) is 30.5 Å². The maximum atomic E-state index is 11.6. The smallest absolute Gasteiger partial charge is 0.150 e. The Labute approximate surface area is 108 Å². The van der Waals surface area contributed by atoms with E-state index in [1.165, 1.54) is 0 Å². The quantitative estimate of drug-likeness (QED) is 0.722. The molecular formula is C13H19NO3S. The standard InChI is InChI=1S/C13H19NO3S/c1-2-18(16,17)11-3-4-13(15)6-5-12-7-9-14-10-8-12/h7-10H,2-6,11H2,1H3. The van der Waals surface area contributed by atoms with Crippen molar-refractivity contribution in [1.29, 1.82) is 0 Å². The first-order valence-electron chi connectivity index (χ1n) is 6.14. The molecule has 1 aromatic rings. The second-order valence-electron chi connectivity index (χ2n) is 4.23. The van der Waals surface area contributed by atoms with Crippen molar-refractivity contribution in [2.24, 2.45) is 0 Å². The van der Waals surface area contributed by atoms with E-state index in [1.807, 2.05) is 12.1 Å². The first kappa shape index (κ1) is 14.8. The molecule has 0 saturated carbocycles. The molecule has 0 aromatic carbocycles. The van der Waals surface area contributed by atoms with Crippen LogP contribution in [0.2, 0.25) is 0 Å². The highest BCUT2D eigenvalue weighted by Crippen LogP contribution is 2.05. The average molecular weight is 269 g/mol. The summed E-state index contributed by atoms with van der Waals surface area (Å²) in [5, 5.41) is 0. The van der Waals surface area contributed by atoms with E-state index in [4.69, 9.17) is 0 Å². The topological polar surface area (TPSA) is 64.1 Å². The van der Waals surface area contributed by atoms with Gasteiger partial charge < -0.3 is 0 Å². The number of hydrogen-bond donors (Lipinski definition) is 0. The van der Waals surface area contributed by atoms with Crippen LogP contribution in [0, 0.1) is 0 Å². The normalized spacial score (nSPS) is 11.4. The summed E-state index contributed by atoms with van der Waals surface area (Å²) in [7, 11) is -2.94. The molecule has 0 amide bonds. The van der Waals surface area contributed by atoms with Crippen molar-refractivity contribution < 1.29 is 13.2 Å². The highest BCUT2D eigenvalue weighted by atomic mass is 32.2. The molecule has 0 spiro atoms. The van der Waals surface area contributed by atoms with Crippen molar-refractivity contribution in [3.63, 3.8) is 0 Å². The summed E-state index contributed by atoms with van der Waals surface area (Å²) in [6.07, 6.45) is 5.36. The van der Waals surface area contributed by atoms with Crippen molar-refractivity contribution in [2.45, 2.75) is 32.6 Å². The van der Waals surface area contributed by atoms with E-state index in [2.05, 4.69) is 4.98 Å². The number of Topliss-reactive ketones (excluding diaryl/α,β-unsaturated/α-hetero) is 1. The zero-order valence-electron chi connectivity index (χ0n) is 10.6. The summed E-state index contributed by atoms with van der Waals surface area (Å²) in [5.74, 6) is 0.390. The monoisotopic (exact) mass is 269 g/mol. The molecule has 0 radical (unpaired) electrons. The van der Waals surface area contributed by atoms with Gasteiger partial charge in [0.2, 0.25) is 0 Å². The first-order valence-corrected chi connectivity index (χ1v) is 7.96. The molecule has 0 aliphatic rings. The number of carbonyl (C=O) groups is 1. The molecule has 0 N–H and O–H groups in total. The largest absolute Gasteiger partial charge is 0.300 e. The van der Waals surface area contributed by atoms with E-state index < -0.39 is 9.84 Å². The maximum Gasteiger partial charge on any atom is 0.150 e. The molecule has 5 heteroatoms. The fourth-order valence-corrected chi connectivity index (χ4v) is 2.46. The van der Waals surface area contributed by atoms with E-state index in [-0.39, 0.29) is 17.3 Å². The lowest BCUT2D eigenvalue weighted by atomic mass is 10.1. The third kappa shape index (κ3) is 5.91. The van der Waals surface area contributed by atoms with Crippen molar-refractivity contribution in [3.8, 4) is 0 Å². The molecule has 0 saturated heterocycles. The van der Waals surface area contributed by atoms with Crippen LogP contribution in [0.4, 0.5) is 0 Å². The van der Waals surface area contributed by atoms with E-state index in [1.54, 1.807) is 19.3 Å². The molecule has 0 unspecified atom stereocenters. The molecule has 1 aromatic heterocycles. The molecule has 0 fully saturated rings. The van der Waals surface area contributed by atoms with Crippen LogP contribution < -0.4 is 0 Å². The van der Waals surface area contributed by atoms with Gasteiger partial charge in [-0.2, -0.15) is 0 Å². The van der Waals surface area contributed by atoms with Crippen LogP contribution in [0.15, 0.2) is 24.5 Å². The fraction of sp³-hybridized carbons (Fsp3) is 0.538.